The molecule has 2 nitrogen and oxygen atoms in total. The molecule has 7 aromatic carbocycles. The molecule has 0 spiro atoms. The first-order chi connectivity index (χ1) is 25.7. The fourth-order valence-electron chi connectivity index (χ4n) is 7.75. The average molecular weight is 697 g/mol. The van der Waals surface area contributed by atoms with Crippen LogP contribution in [0.25, 0.3) is 107 Å². The second kappa shape index (κ2) is 11.7. The summed E-state index contributed by atoms with van der Waals surface area (Å²) in [5.41, 5.74) is 10.3. The Bertz CT molecular complexity index is 2950. The predicted octanol–water partition coefficient (Wildman–Crippen LogP) is 14.2. The fraction of sp³-hybridized carbons (Fsp3) is 0. The Labute approximate surface area is 307 Å². The van der Waals surface area contributed by atoms with E-state index in [9.17, 15) is 0 Å². The van der Waals surface area contributed by atoms with Crippen LogP contribution in [-0.4, -0.2) is 9.97 Å². The molecule has 11 aromatic rings. The first-order valence-corrected chi connectivity index (χ1v) is 19.1. The second-order valence-electron chi connectivity index (χ2n) is 13.4. The molecule has 242 valence electrons. The number of rotatable bonds is 4. The topological polar surface area (TPSA) is 25.8 Å². The molecule has 0 saturated heterocycles. The summed E-state index contributed by atoms with van der Waals surface area (Å²) in [6.07, 6.45) is 3.97. The molecule has 0 bridgehead atoms. The van der Waals surface area contributed by atoms with Gasteiger partial charge in [0.2, 0.25) is 0 Å². The van der Waals surface area contributed by atoms with Crippen molar-refractivity contribution in [3.05, 3.63) is 170 Å². The number of nitrogens with zero attached hydrogens (tertiary/aromatic N) is 2. The predicted molar refractivity (Wildman–Crippen MR) is 225 cm³/mol. The molecule has 0 aliphatic rings. The van der Waals surface area contributed by atoms with Crippen LogP contribution in [0.3, 0.4) is 0 Å². The lowest BCUT2D eigenvalue weighted by atomic mass is 9.98. The van der Waals surface area contributed by atoms with Gasteiger partial charge in [-0.05, 0) is 57.5 Å². The molecule has 0 fully saturated rings. The number of benzene rings is 7. The molecule has 11 rings (SSSR count). The molecule has 52 heavy (non-hydrogen) atoms. The Morgan fingerprint density at radius 1 is 0.346 bits per heavy atom. The van der Waals surface area contributed by atoms with Crippen LogP contribution in [-0.2, 0) is 0 Å². The minimum Gasteiger partial charge on any atom is -0.256 e. The lowest BCUT2D eigenvalue weighted by Crippen LogP contribution is -1.89. The van der Waals surface area contributed by atoms with Gasteiger partial charge in [0, 0.05) is 74.6 Å². The van der Waals surface area contributed by atoms with Crippen molar-refractivity contribution in [2.75, 3.05) is 0 Å². The molecule has 4 aromatic heterocycles. The molecule has 4 heteroatoms. The van der Waals surface area contributed by atoms with Gasteiger partial charge in [-0.3, -0.25) is 9.97 Å². The van der Waals surface area contributed by atoms with Crippen molar-refractivity contribution >= 4 is 84.7 Å². The van der Waals surface area contributed by atoms with E-state index < -0.39 is 0 Å². The first kappa shape index (κ1) is 29.5. The molecular weight excluding hydrogens is 669 g/mol. The molecule has 4 heterocycles. The van der Waals surface area contributed by atoms with Gasteiger partial charge in [0.1, 0.15) is 0 Å². The Balaban J connectivity index is 0.890. The lowest BCUT2D eigenvalue weighted by Gasteiger charge is -2.10. The summed E-state index contributed by atoms with van der Waals surface area (Å²) < 4.78 is 5.33. The molecule has 0 amide bonds. The van der Waals surface area contributed by atoms with E-state index in [-0.39, 0.29) is 0 Å². The summed E-state index contributed by atoms with van der Waals surface area (Å²) in [6.45, 7) is 0. The van der Waals surface area contributed by atoms with Crippen LogP contribution in [0.2, 0.25) is 0 Å². The highest BCUT2D eigenvalue weighted by Crippen LogP contribution is 2.42. The van der Waals surface area contributed by atoms with Crippen LogP contribution in [0.5, 0.6) is 0 Å². The van der Waals surface area contributed by atoms with E-state index in [1.54, 1.807) is 0 Å². The maximum Gasteiger partial charge on any atom is 0.0796 e. The minimum atomic E-state index is 0.960. The molecule has 0 aliphatic carbocycles. The Morgan fingerprint density at radius 3 is 1.52 bits per heavy atom. The highest BCUT2D eigenvalue weighted by Gasteiger charge is 2.13. The van der Waals surface area contributed by atoms with E-state index in [1.807, 2.05) is 35.1 Å². The smallest absolute Gasteiger partial charge is 0.0796 e. The quantitative estimate of drug-likeness (QED) is 0.171. The van der Waals surface area contributed by atoms with Gasteiger partial charge in [-0.25, -0.2) is 0 Å². The number of fused-ring (bicyclic) bond motifs is 9. The summed E-state index contributed by atoms with van der Waals surface area (Å²) >= 11 is 3.74. The third-order valence-corrected chi connectivity index (χ3v) is 12.8. The van der Waals surface area contributed by atoms with Crippen molar-refractivity contribution in [2.45, 2.75) is 0 Å². The van der Waals surface area contributed by atoms with Gasteiger partial charge < -0.3 is 0 Å². The van der Waals surface area contributed by atoms with Crippen LogP contribution < -0.4 is 0 Å². The zero-order chi connectivity index (χ0) is 34.2. The van der Waals surface area contributed by atoms with Crippen LogP contribution in [0.1, 0.15) is 0 Å². The fourth-order valence-corrected chi connectivity index (χ4v) is 10.2. The van der Waals surface area contributed by atoms with Crippen LogP contribution >= 0.6 is 22.7 Å². The zero-order valence-corrected chi connectivity index (χ0v) is 29.5. The first-order valence-electron chi connectivity index (χ1n) is 17.5. The highest BCUT2D eigenvalue weighted by atomic mass is 32.1. The summed E-state index contributed by atoms with van der Waals surface area (Å²) in [5, 5.41) is 8.60. The minimum absolute atomic E-state index is 0.960. The zero-order valence-electron chi connectivity index (χ0n) is 27.9. The molecule has 0 N–H and O–H groups in total. The number of thiophene rings is 2. The largest absolute Gasteiger partial charge is 0.256 e. The molecule has 0 aliphatic heterocycles. The van der Waals surface area contributed by atoms with Gasteiger partial charge in [-0.2, -0.15) is 0 Å². The van der Waals surface area contributed by atoms with Crippen LogP contribution in [0.15, 0.2) is 170 Å². The van der Waals surface area contributed by atoms with E-state index in [2.05, 4.69) is 158 Å². The van der Waals surface area contributed by atoms with Crippen molar-refractivity contribution in [1.82, 2.24) is 9.97 Å². The van der Waals surface area contributed by atoms with E-state index >= 15 is 0 Å². The van der Waals surface area contributed by atoms with Crippen molar-refractivity contribution in [2.24, 2.45) is 0 Å². The van der Waals surface area contributed by atoms with Crippen LogP contribution in [0.4, 0.5) is 0 Å². The number of hydrogen-bond donors (Lipinski definition) is 0. The summed E-state index contributed by atoms with van der Waals surface area (Å²) in [6, 6.07) is 57.2. The average Bonchev–Trinajstić information content (AvgIpc) is 3.79. The SMILES string of the molecule is c1ccc2c(c1)sc1c(-c3ccc(-c4cnc5c(ccc6cc(-c7ccc(-c8cccc9c8sc8ccccc89)cc7)ncc65)c4)cc3)cccc12. The Kier molecular flexibility index (Phi) is 6.63. The number of hydrogen-bond acceptors (Lipinski definition) is 4. The summed E-state index contributed by atoms with van der Waals surface area (Å²) in [4.78, 5) is 9.91. The van der Waals surface area contributed by atoms with Crippen LogP contribution in [0, 0.1) is 0 Å². The van der Waals surface area contributed by atoms with Gasteiger partial charge in [0.25, 0.3) is 0 Å². The summed E-state index contributed by atoms with van der Waals surface area (Å²) in [5.74, 6) is 0. The van der Waals surface area contributed by atoms with Crippen molar-refractivity contribution in [3.8, 4) is 44.6 Å². The second-order valence-corrected chi connectivity index (χ2v) is 15.5. The summed E-state index contributed by atoms with van der Waals surface area (Å²) in [7, 11) is 0. The molecule has 0 saturated carbocycles. The van der Waals surface area contributed by atoms with Gasteiger partial charge >= 0.3 is 0 Å². The van der Waals surface area contributed by atoms with Gasteiger partial charge in [0.05, 0.1) is 11.2 Å². The monoisotopic (exact) mass is 696 g/mol. The standard InChI is InChI=1S/C48H28N2S2/c1-3-13-44-38(7-1)40-11-5-9-36(47(40)51-44)30-17-15-29(16-18-30)35-25-34-24-23-33-26-43(49-28-42(33)46(34)50-27-35)32-21-19-31(20-22-32)37-10-6-12-41-39-8-2-4-14-45(39)52-48(37)41/h1-28H. The van der Waals surface area contributed by atoms with Crippen molar-refractivity contribution < 1.29 is 0 Å². The van der Waals surface area contributed by atoms with Crippen molar-refractivity contribution in [3.63, 3.8) is 0 Å². The van der Waals surface area contributed by atoms with E-state index in [1.165, 1.54) is 62.6 Å². The molecule has 0 atom stereocenters. The third kappa shape index (κ3) is 4.69. The lowest BCUT2D eigenvalue weighted by molar-refractivity contribution is 1.35. The Hall–Kier alpha value is -6.20. The maximum atomic E-state index is 4.98. The maximum absolute atomic E-state index is 4.98. The number of pyridine rings is 2. The Morgan fingerprint density at radius 2 is 0.885 bits per heavy atom. The number of aromatic nitrogens is 2. The van der Waals surface area contributed by atoms with E-state index in [0.717, 1.165) is 44.1 Å². The molecular formula is C48H28N2S2. The van der Waals surface area contributed by atoms with E-state index in [4.69, 9.17) is 9.97 Å². The molecule has 0 unspecified atom stereocenters. The van der Waals surface area contributed by atoms with Gasteiger partial charge in [0.15, 0.2) is 0 Å². The van der Waals surface area contributed by atoms with Crippen molar-refractivity contribution in [1.29, 1.82) is 0 Å². The highest BCUT2D eigenvalue weighted by molar-refractivity contribution is 7.26. The molecule has 0 radical (unpaired) electrons. The normalized spacial score (nSPS) is 11.8. The van der Waals surface area contributed by atoms with E-state index in [0.29, 0.717) is 0 Å². The third-order valence-electron chi connectivity index (χ3n) is 10.4. The van der Waals surface area contributed by atoms with Gasteiger partial charge in [-0.15, -0.1) is 22.7 Å². The van der Waals surface area contributed by atoms with Gasteiger partial charge in [-0.1, -0.05) is 133 Å².